The molecule has 1 aliphatic heterocycles. The zero-order chi connectivity index (χ0) is 22.1. The third kappa shape index (κ3) is 3.97. The Morgan fingerprint density at radius 3 is 2.10 bits per heavy atom. The minimum absolute atomic E-state index is 0.0962. The Morgan fingerprint density at radius 2 is 1.52 bits per heavy atom. The topological polar surface area (TPSA) is 57.7 Å². The Kier molecular flexibility index (Phi) is 5.61. The highest BCUT2D eigenvalue weighted by Crippen LogP contribution is 2.26. The predicted octanol–water partition coefficient (Wildman–Crippen LogP) is 4.90. The summed E-state index contributed by atoms with van der Waals surface area (Å²) < 4.78 is 0. The molecular formula is C25H21ClN2O3. The van der Waals surface area contributed by atoms with Gasteiger partial charge in [0, 0.05) is 29.4 Å². The third-order valence-electron chi connectivity index (χ3n) is 5.40. The van der Waals surface area contributed by atoms with E-state index >= 15 is 0 Å². The maximum atomic E-state index is 13.4. The summed E-state index contributed by atoms with van der Waals surface area (Å²) in [5.74, 6) is -0.888. The van der Waals surface area contributed by atoms with Crippen molar-refractivity contribution in [2.75, 3.05) is 18.0 Å². The lowest BCUT2D eigenvalue weighted by Gasteiger charge is -2.27. The van der Waals surface area contributed by atoms with Crippen LogP contribution >= 0.6 is 11.6 Å². The first-order valence-corrected chi connectivity index (χ1v) is 10.3. The molecule has 1 heterocycles. The third-order valence-corrected chi connectivity index (χ3v) is 5.66. The van der Waals surface area contributed by atoms with Crippen LogP contribution in [0.3, 0.4) is 0 Å². The summed E-state index contributed by atoms with van der Waals surface area (Å²) in [7, 11) is 0. The Hall–Kier alpha value is -3.44. The molecule has 3 aromatic rings. The van der Waals surface area contributed by atoms with E-state index in [1.54, 1.807) is 53.4 Å². The summed E-state index contributed by atoms with van der Waals surface area (Å²) in [5.41, 5.74) is 4.03. The van der Waals surface area contributed by atoms with Crippen LogP contribution in [0.5, 0.6) is 0 Å². The lowest BCUT2D eigenvalue weighted by Crippen LogP contribution is -2.41. The van der Waals surface area contributed by atoms with E-state index in [0.717, 1.165) is 16.8 Å². The number of anilines is 1. The maximum absolute atomic E-state index is 13.4. The van der Waals surface area contributed by atoms with E-state index in [4.69, 9.17) is 11.6 Å². The van der Waals surface area contributed by atoms with Crippen LogP contribution in [-0.4, -0.2) is 35.7 Å². The molecule has 0 spiro atoms. The molecule has 4 rings (SSSR count). The van der Waals surface area contributed by atoms with E-state index in [1.807, 2.05) is 32.0 Å². The Bertz CT molecular complexity index is 1150. The summed E-state index contributed by atoms with van der Waals surface area (Å²) in [5, 5.41) is 0.542. The maximum Gasteiger partial charge on any atom is 0.261 e. The van der Waals surface area contributed by atoms with E-state index in [9.17, 15) is 14.4 Å². The van der Waals surface area contributed by atoms with Gasteiger partial charge >= 0.3 is 0 Å². The van der Waals surface area contributed by atoms with E-state index < -0.39 is 0 Å². The molecule has 6 heteroatoms. The first-order valence-electron chi connectivity index (χ1n) is 9.96. The zero-order valence-corrected chi connectivity index (χ0v) is 18.0. The van der Waals surface area contributed by atoms with Crippen LogP contribution in [0.15, 0.2) is 66.7 Å². The largest absolute Gasteiger partial charge is 0.306 e. The van der Waals surface area contributed by atoms with Crippen LogP contribution in [0.1, 0.15) is 42.2 Å². The number of imide groups is 1. The van der Waals surface area contributed by atoms with Gasteiger partial charge in [-0.2, -0.15) is 0 Å². The highest BCUT2D eigenvalue weighted by Gasteiger charge is 2.35. The molecule has 0 atom stereocenters. The highest BCUT2D eigenvalue weighted by molar-refractivity contribution is 6.30. The minimum Gasteiger partial charge on any atom is -0.306 e. The normalized spacial score (nSPS) is 12.8. The van der Waals surface area contributed by atoms with Crippen molar-refractivity contribution in [1.82, 2.24) is 4.90 Å². The molecule has 5 nitrogen and oxygen atoms in total. The average molecular weight is 433 g/mol. The Labute approximate surface area is 185 Å². The van der Waals surface area contributed by atoms with Gasteiger partial charge in [-0.15, -0.1) is 0 Å². The summed E-state index contributed by atoms with van der Waals surface area (Å²) in [6, 6.07) is 19.3. The molecular weight excluding hydrogens is 412 g/mol. The summed E-state index contributed by atoms with van der Waals surface area (Å²) in [4.78, 5) is 41.7. The smallest absolute Gasteiger partial charge is 0.261 e. The van der Waals surface area contributed by atoms with E-state index in [0.29, 0.717) is 21.7 Å². The van der Waals surface area contributed by atoms with E-state index in [2.05, 4.69) is 0 Å². The monoisotopic (exact) mass is 432 g/mol. The van der Waals surface area contributed by atoms with Crippen LogP contribution in [0.2, 0.25) is 5.02 Å². The van der Waals surface area contributed by atoms with Gasteiger partial charge in [-0.25, -0.2) is 0 Å². The fourth-order valence-electron chi connectivity index (χ4n) is 3.83. The fraction of sp³-hybridized carbons (Fsp3) is 0.160. The molecule has 31 heavy (non-hydrogen) atoms. The highest BCUT2D eigenvalue weighted by atomic mass is 35.5. The molecule has 3 aromatic carbocycles. The quantitative estimate of drug-likeness (QED) is 0.539. The number of carbonyl (C=O) groups excluding carboxylic acids is 3. The second-order valence-corrected chi connectivity index (χ2v) is 8.00. The Balaban J connectivity index is 1.64. The van der Waals surface area contributed by atoms with E-state index in [1.165, 1.54) is 4.90 Å². The van der Waals surface area contributed by atoms with Crippen LogP contribution in [-0.2, 0) is 0 Å². The number of amides is 3. The van der Waals surface area contributed by atoms with Crippen LogP contribution < -0.4 is 4.90 Å². The lowest BCUT2D eigenvalue weighted by molar-refractivity contribution is 0.0654. The molecule has 0 saturated carbocycles. The van der Waals surface area contributed by atoms with Gasteiger partial charge < -0.3 is 4.90 Å². The van der Waals surface area contributed by atoms with Crippen molar-refractivity contribution in [3.05, 3.63) is 99.6 Å². The first-order chi connectivity index (χ1) is 14.9. The minimum atomic E-state index is -0.333. The van der Waals surface area contributed by atoms with Gasteiger partial charge in [0.1, 0.15) is 0 Å². The molecule has 0 bridgehead atoms. The fourth-order valence-corrected chi connectivity index (χ4v) is 3.96. The van der Waals surface area contributed by atoms with Gasteiger partial charge in [-0.1, -0.05) is 41.4 Å². The van der Waals surface area contributed by atoms with Crippen molar-refractivity contribution in [2.45, 2.75) is 13.8 Å². The van der Waals surface area contributed by atoms with Crippen molar-refractivity contribution in [3.63, 3.8) is 0 Å². The molecule has 0 unspecified atom stereocenters. The predicted molar refractivity (Wildman–Crippen MR) is 121 cm³/mol. The molecule has 1 aliphatic rings. The summed E-state index contributed by atoms with van der Waals surface area (Å²) in [6.45, 7) is 4.20. The second kappa shape index (κ2) is 8.36. The molecule has 0 fully saturated rings. The van der Waals surface area contributed by atoms with Gasteiger partial charge in [-0.3, -0.25) is 19.3 Å². The van der Waals surface area contributed by atoms with E-state index in [-0.39, 0.29) is 30.8 Å². The number of rotatable bonds is 5. The van der Waals surface area contributed by atoms with Crippen LogP contribution in [0.4, 0.5) is 5.69 Å². The van der Waals surface area contributed by atoms with Crippen molar-refractivity contribution < 1.29 is 14.4 Å². The number of hydrogen-bond donors (Lipinski definition) is 0. The number of nitrogens with zero attached hydrogens (tertiary/aromatic N) is 2. The molecule has 0 radical (unpaired) electrons. The van der Waals surface area contributed by atoms with Gasteiger partial charge in [0.15, 0.2) is 0 Å². The zero-order valence-electron chi connectivity index (χ0n) is 17.3. The number of halogens is 1. The Morgan fingerprint density at radius 1 is 0.903 bits per heavy atom. The summed E-state index contributed by atoms with van der Waals surface area (Å²) >= 11 is 5.97. The van der Waals surface area contributed by atoms with Gasteiger partial charge in [-0.05, 0) is 61.9 Å². The number of benzene rings is 3. The lowest BCUT2D eigenvalue weighted by atomic mass is 10.1. The van der Waals surface area contributed by atoms with Crippen molar-refractivity contribution in [1.29, 1.82) is 0 Å². The first kappa shape index (κ1) is 20.8. The number of carbonyl (C=O) groups is 3. The standard InChI is InChI=1S/C25H21ClN2O3/c1-16-7-12-22(17(2)15-16)27(23(29)18-8-10-19(26)11-9-18)13-14-28-24(30)20-5-3-4-6-21(20)25(28)31/h3-12,15H,13-14H2,1-2H3. The van der Waals surface area contributed by atoms with Crippen molar-refractivity contribution in [3.8, 4) is 0 Å². The second-order valence-electron chi connectivity index (χ2n) is 7.56. The van der Waals surface area contributed by atoms with Crippen LogP contribution in [0, 0.1) is 13.8 Å². The van der Waals surface area contributed by atoms with Crippen molar-refractivity contribution >= 4 is 35.0 Å². The SMILES string of the molecule is Cc1ccc(N(CCN2C(=O)c3ccccc3C2=O)C(=O)c2ccc(Cl)cc2)c(C)c1. The molecule has 0 aromatic heterocycles. The molecule has 0 saturated heterocycles. The van der Waals surface area contributed by atoms with Gasteiger partial charge in [0.25, 0.3) is 17.7 Å². The van der Waals surface area contributed by atoms with Gasteiger partial charge in [0.2, 0.25) is 0 Å². The molecule has 0 N–H and O–H groups in total. The van der Waals surface area contributed by atoms with Crippen LogP contribution in [0.25, 0.3) is 0 Å². The average Bonchev–Trinajstić information content (AvgIpc) is 3.00. The molecule has 0 aliphatic carbocycles. The number of aryl methyl sites for hydroxylation is 2. The summed E-state index contributed by atoms with van der Waals surface area (Å²) in [6.07, 6.45) is 0. The number of fused-ring (bicyclic) bond motifs is 1. The van der Waals surface area contributed by atoms with Gasteiger partial charge in [0.05, 0.1) is 11.1 Å². The van der Waals surface area contributed by atoms with Crippen molar-refractivity contribution in [2.24, 2.45) is 0 Å². The molecule has 3 amide bonds. The molecule has 156 valence electrons. The number of hydrogen-bond acceptors (Lipinski definition) is 3.